The van der Waals surface area contributed by atoms with Gasteiger partial charge in [-0.25, -0.2) is 0 Å². The van der Waals surface area contributed by atoms with Crippen LogP contribution in [-0.2, 0) is 4.74 Å². The maximum atomic E-state index is 5.77. The number of nitrogens with zero attached hydrogens (tertiary/aromatic N) is 2. The summed E-state index contributed by atoms with van der Waals surface area (Å²) in [4.78, 5) is 0. The van der Waals surface area contributed by atoms with Crippen LogP contribution < -0.4 is 5.32 Å². The molecule has 0 amide bonds. The maximum Gasteiger partial charge on any atom is 0.247 e. The van der Waals surface area contributed by atoms with Crippen molar-refractivity contribution in [2.45, 2.75) is 39.3 Å². The fourth-order valence-corrected chi connectivity index (χ4v) is 2.86. The molecule has 1 aromatic heterocycles. The largest absolute Gasteiger partial charge is 0.423 e. The van der Waals surface area contributed by atoms with Crippen LogP contribution in [0.5, 0.6) is 0 Å². The standard InChI is InChI=1S/C16H21N3O2/c1-4-20-14-9-13(16(14,2)3)18-12-7-5-6-11(8-12)15-19-17-10-21-15/h5-8,10,13-14,18H,4,9H2,1-3H3. The van der Waals surface area contributed by atoms with Crippen molar-refractivity contribution in [3.05, 3.63) is 30.7 Å². The van der Waals surface area contributed by atoms with Crippen LogP contribution >= 0.6 is 0 Å². The van der Waals surface area contributed by atoms with Crippen molar-refractivity contribution in [3.8, 4) is 11.5 Å². The van der Waals surface area contributed by atoms with Gasteiger partial charge in [-0.2, -0.15) is 0 Å². The Morgan fingerprint density at radius 3 is 2.95 bits per heavy atom. The average Bonchev–Trinajstić information content (AvgIpc) is 3.01. The lowest BCUT2D eigenvalue weighted by molar-refractivity contribution is -0.0975. The van der Waals surface area contributed by atoms with E-state index >= 15 is 0 Å². The zero-order valence-corrected chi connectivity index (χ0v) is 12.7. The molecule has 1 saturated carbocycles. The summed E-state index contributed by atoms with van der Waals surface area (Å²) in [5.74, 6) is 0.540. The number of anilines is 1. The Labute approximate surface area is 124 Å². The van der Waals surface area contributed by atoms with Gasteiger partial charge in [-0.1, -0.05) is 19.9 Å². The Balaban J connectivity index is 1.71. The molecular formula is C16H21N3O2. The van der Waals surface area contributed by atoms with E-state index in [-0.39, 0.29) is 5.41 Å². The summed E-state index contributed by atoms with van der Waals surface area (Å²) in [6, 6.07) is 8.47. The van der Waals surface area contributed by atoms with Crippen LogP contribution in [0.3, 0.4) is 0 Å². The monoisotopic (exact) mass is 287 g/mol. The molecule has 1 aliphatic carbocycles. The topological polar surface area (TPSA) is 60.2 Å². The van der Waals surface area contributed by atoms with Crippen molar-refractivity contribution in [1.82, 2.24) is 10.2 Å². The van der Waals surface area contributed by atoms with Crippen molar-refractivity contribution in [2.75, 3.05) is 11.9 Å². The lowest BCUT2D eigenvalue weighted by Gasteiger charge is -2.52. The third-order valence-corrected chi connectivity index (χ3v) is 4.36. The summed E-state index contributed by atoms with van der Waals surface area (Å²) < 4.78 is 11.0. The lowest BCUT2D eigenvalue weighted by Crippen LogP contribution is -2.58. The van der Waals surface area contributed by atoms with Crippen molar-refractivity contribution in [1.29, 1.82) is 0 Å². The second kappa shape index (κ2) is 5.48. The quantitative estimate of drug-likeness (QED) is 0.913. The van der Waals surface area contributed by atoms with Crippen LogP contribution in [-0.4, -0.2) is 29.0 Å². The van der Waals surface area contributed by atoms with Gasteiger partial charge in [0.25, 0.3) is 0 Å². The smallest absolute Gasteiger partial charge is 0.247 e. The van der Waals surface area contributed by atoms with Gasteiger partial charge in [0, 0.05) is 29.3 Å². The van der Waals surface area contributed by atoms with Crippen molar-refractivity contribution in [3.63, 3.8) is 0 Å². The van der Waals surface area contributed by atoms with Gasteiger partial charge >= 0.3 is 0 Å². The number of aromatic nitrogens is 2. The van der Waals surface area contributed by atoms with Gasteiger partial charge in [0.05, 0.1) is 6.10 Å². The predicted molar refractivity (Wildman–Crippen MR) is 81.0 cm³/mol. The lowest BCUT2D eigenvalue weighted by atomic mass is 9.64. The van der Waals surface area contributed by atoms with Crippen molar-refractivity contribution in [2.24, 2.45) is 5.41 Å². The second-order valence-electron chi connectivity index (χ2n) is 6.02. The van der Waals surface area contributed by atoms with Crippen LogP contribution in [0.4, 0.5) is 5.69 Å². The average molecular weight is 287 g/mol. The van der Waals surface area contributed by atoms with Gasteiger partial charge < -0.3 is 14.5 Å². The first-order chi connectivity index (χ1) is 10.1. The highest BCUT2D eigenvalue weighted by Gasteiger charge is 2.48. The Bertz CT molecular complexity index is 595. The molecule has 1 aromatic carbocycles. The molecule has 1 aliphatic rings. The molecule has 1 heterocycles. The van der Waals surface area contributed by atoms with E-state index in [9.17, 15) is 0 Å². The summed E-state index contributed by atoms with van der Waals surface area (Å²) in [6.45, 7) is 7.31. The van der Waals surface area contributed by atoms with Crippen molar-refractivity contribution >= 4 is 5.69 Å². The minimum Gasteiger partial charge on any atom is -0.423 e. The summed E-state index contributed by atoms with van der Waals surface area (Å²) in [6.07, 6.45) is 2.71. The molecule has 5 heteroatoms. The second-order valence-corrected chi connectivity index (χ2v) is 6.02. The minimum absolute atomic E-state index is 0.135. The van der Waals surface area contributed by atoms with Gasteiger partial charge in [0.15, 0.2) is 0 Å². The number of rotatable bonds is 5. The van der Waals surface area contributed by atoms with E-state index in [1.165, 1.54) is 6.39 Å². The highest BCUT2D eigenvalue weighted by Crippen LogP contribution is 2.44. The first-order valence-electron chi connectivity index (χ1n) is 7.36. The Kier molecular flexibility index (Phi) is 3.68. The van der Waals surface area contributed by atoms with Crippen LogP contribution in [0, 0.1) is 5.41 Å². The van der Waals surface area contributed by atoms with E-state index in [0.717, 1.165) is 24.3 Å². The molecule has 21 heavy (non-hydrogen) atoms. The molecule has 1 fully saturated rings. The van der Waals surface area contributed by atoms with E-state index in [2.05, 4.69) is 35.4 Å². The predicted octanol–water partition coefficient (Wildman–Crippen LogP) is 3.35. The van der Waals surface area contributed by atoms with Gasteiger partial charge in [-0.15, -0.1) is 10.2 Å². The summed E-state index contributed by atoms with van der Waals surface area (Å²) >= 11 is 0. The number of nitrogens with one attached hydrogen (secondary N) is 1. The Hall–Kier alpha value is -1.88. The van der Waals surface area contributed by atoms with Crippen LogP contribution in [0.1, 0.15) is 27.2 Å². The van der Waals surface area contributed by atoms with Gasteiger partial charge in [0.2, 0.25) is 12.3 Å². The normalized spacial score (nSPS) is 23.6. The number of benzene rings is 1. The molecule has 112 valence electrons. The van der Waals surface area contributed by atoms with Crippen LogP contribution in [0.25, 0.3) is 11.5 Å². The number of hydrogen-bond donors (Lipinski definition) is 1. The maximum absolute atomic E-state index is 5.77. The molecule has 0 bridgehead atoms. The Morgan fingerprint density at radius 1 is 1.43 bits per heavy atom. The minimum atomic E-state index is 0.135. The molecule has 2 aromatic rings. The number of ether oxygens (including phenoxy) is 1. The molecule has 5 nitrogen and oxygen atoms in total. The molecule has 0 aliphatic heterocycles. The number of hydrogen-bond acceptors (Lipinski definition) is 5. The molecule has 0 spiro atoms. The molecule has 1 N–H and O–H groups in total. The fourth-order valence-electron chi connectivity index (χ4n) is 2.86. The van der Waals surface area contributed by atoms with E-state index in [1.807, 2.05) is 25.1 Å². The third-order valence-electron chi connectivity index (χ3n) is 4.36. The van der Waals surface area contributed by atoms with E-state index in [0.29, 0.717) is 18.0 Å². The Morgan fingerprint density at radius 2 is 2.29 bits per heavy atom. The highest BCUT2D eigenvalue weighted by molar-refractivity contribution is 5.61. The molecule has 2 unspecified atom stereocenters. The molecule has 2 atom stereocenters. The van der Waals surface area contributed by atoms with E-state index in [1.54, 1.807) is 0 Å². The zero-order valence-electron chi connectivity index (χ0n) is 12.7. The van der Waals surface area contributed by atoms with Crippen molar-refractivity contribution < 1.29 is 9.15 Å². The summed E-state index contributed by atoms with van der Waals surface area (Å²) in [5, 5.41) is 11.2. The van der Waals surface area contributed by atoms with Crippen LogP contribution in [0.15, 0.2) is 35.1 Å². The van der Waals surface area contributed by atoms with Gasteiger partial charge in [-0.05, 0) is 31.5 Å². The SMILES string of the molecule is CCOC1CC(Nc2cccc(-c3nnco3)c2)C1(C)C. The fraction of sp³-hybridized carbons (Fsp3) is 0.500. The first-order valence-corrected chi connectivity index (χ1v) is 7.36. The third kappa shape index (κ3) is 2.65. The summed E-state index contributed by atoms with van der Waals surface area (Å²) in [7, 11) is 0. The van der Waals surface area contributed by atoms with E-state index < -0.39 is 0 Å². The highest BCUT2D eigenvalue weighted by atomic mass is 16.5. The van der Waals surface area contributed by atoms with Gasteiger partial charge in [0.1, 0.15) is 0 Å². The van der Waals surface area contributed by atoms with E-state index in [4.69, 9.17) is 9.15 Å². The first kappa shape index (κ1) is 14.1. The molecule has 3 rings (SSSR count). The molecular weight excluding hydrogens is 266 g/mol. The van der Waals surface area contributed by atoms with Crippen LogP contribution in [0.2, 0.25) is 0 Å². The molecule has 0 radical (unpaired) electrons. The summed E-state index contributed by atoms with van der Waals surface area (Å²) in [5.41, 5.74) is 2.13. The molecule has 0 saturated heterocycles. The van der Waals surface area contributed by atoms with Gasteiger partial charge in [-0.3, -0.25) is 0 Å². The zero-order chi connectivity index (χ0) is 14.9.